The molecule has 1 aromatic heterocycles. The van der Waals surface area contributed by atoms with E-state index in [-0.39, 0.29) is 10.8 Å². The lowest BCUT2D eigenvalue weighted by molar-refractivity contribution is 0.870. The van der Waals surface area contributed by atoms with Crippen LogP contribution in [0.4, 0.5) is 0 Å². The summed E-state index contributed by atoms with van der Waals surface area (Å²) < 4.78 is 0. The summed E-state index contributed by atoms with van der Waals surface area (Å²) in [7, 11) is 0. The molecule has 1 heterocycles. The van der Waals surface area contributed by atoms with Crippen molar-refractivity contribution in [2.45, 2.75) is 24.6 Å². The van der Waals surface area contributed by atoms with E-state index >= 15 is 0 Å². The van der Waals surface area contributed by atoms with Crippen LogP contribution in [0.1, 0.15) is 36.0 Å². The van der Waals surface area contributed by atoms with Crippen LogP contribution in [0.3, 0.4) is 0 Å². The van der Waals surface area contributed by atoms with Gasteiger partial charge in [-0.2, -0.15) is 0 Å². The number of aromatic nitrogens is 2. The third kappa shape index (κ3) is 2.08. The summed E-state index contributed by atoms with van der Waals surface area (Å²) in [6, 6.07) is 0. The van der Waals surface area contributed by atoms with Gasteiger partial charge in [-0.1, -0.05) is 0 Å². The molecule has 0 aliphatic rings. The molecule has 2 unspecified atom stereocenters. The molecule has 0 spiro atoms. The van der Waals surface area contributed by atoms with Gasteiger partial charge in [-0.25, -0.2) is 0 Å². The number of alkyl halides is 2. The van der Waals surface area contributed by atoms with Crippen LogP contribution in [0.25, 0.3) is 0 Å². The normalized spacial score (nSPS) is 15.7. The predicted molar refractivity (Wildman–Crippen MR) is 50.6 cm³/mol. The molecule has 2 nitrogen and oxygen atoms in total. The van der Waals surface area contributed by atoms with E-state index in [1.54, 1.807) is 12.4 Å². The van der Waals surface area contributed by atoms with E-state index in [9.17, 15) is 0 Å². The molecule has 0 saturated carbocycles. The largest absolute Gasteiger partial charge is 0.256 e. The average Bonchev–Trinajstić information content (AvgIpc) is 2.04. The van der Waals surface area contributed by atoms with E-state index in [2.05, 4.69) is 9.97 Å². The number of nitrogens with zero attached hydrogens (tertiary/aromatic N) is 2. The second kappa shape index (κ2) is 4.06. The Morgan fingerprint density at radius 1 is 1.00 bits per heavy atom. The highest BCUT2D eigenvalue weighted by atomic mass is 35.5. The fourth-order valence-electron chi connectivity index (χ4n) is 0.973. The van der Waals surface area contributed by atoms with E-state index in [1.165, 1.54) is 0 Å². The highest BCUT2D eigenvalue weighted by Gasteiger charge is 2.13. The molecule has 2 atom stereocenters. The Morgan fingerprint density at radius 2 is 1.33 bits per heavy atom. The van der Waals surface area contributed by atoms with Crippen LogP contribution in [0.5, 0.6) is 0 Å². The van der Waals surface area contributed by atoms with Gasteiger partial charge in [0.15, 0.2) is 0 Å². The van der Waals surface area contributed by atoms with Crippen LogP contribution in [-0.4, -0.2) is 9.97 Å². The van der Waals surface area contributed by atoms with Crippen molar-refractivity contribution in [2.75, 3.05) is 0 Å². The van der Waals surface area contributed by atoms with Crippen LogP contribution in [0, 0.1) is 0 Å². The molecule has 0 aliphatic carbocycles. The zero-order chi connectivity index (χ0) is 9.14. The van der Waals surface area contributed by atoms with Crippen molar-refractivity contribution in [2.24, 2.45) is 0 Å². The van der Waals surface area contributed by atoms with Crippen LogP contribution in [0.2, 0.25) is 0 Å². The Hall–Kier alpha value is -0.340. The van der Waals surface area contributed by atoms with Gasteiger partial charge in [-0.05, 0) is 13.8 Å². The second-order valence-corrected chi connectivity index (χ2v) is 3.87. The molecule has 0 radical (unpaired) electrons. The zero-order valence-corrected chi connectivity index (χ0v) is 8.47. The van der Waals surface area contributed by atoms with Crippen LogP contribution >= 0.6 is 23.2 Å². The molecule has 0 fully saturated rings. The van der Waals surface area contributed by atoms with E-state index in [4.69, 9.17) is 23.2 Å². The lowest BCUT2D eigenvalue weighted by atomic mass is 10.2. The summed E-state index contributed by atoms with van der Waals surface area (Å²) in [5.74, 6) is 0. The van der Waals surface area contributed by atoms with Crippen molar-refractivity contribution >= 4 is 23.2 Å². The molecule has 1 aromatic rings. The lowest BCUT2D eigenvalue weighted by Crippen LogP contribution is -2.01. The van der Waals surface area contributed by atoms with Gasteiger partial charge in [0.25, 0.3) is 0 Å². The van der Waals surface area contributed by atoms with Gasteiger partial charge >= 0.3 is 0 Å². The summed E-state index contributed by atoms with van der Waals surface area (Å²) in [6.07, 6.45) is 3.24. The van der Waals surface area contributed by atoms with Crippen molar-refractivity contribution in [3.63, 3.8) is 0 Å². The SMILES string of the molecule is CC(Cl)c1nccnc1C(C)Cl. The minimum Gasteiger partial charge on any atom is -0.256 e. The Kier molecular flexibility index (Phi) is 3.29. The van der Waals surface area contributed by atoms with Crippen molar-refractivity contribution in [1.29, 1.82) is 0 Å². The molecule has 0 N–H and O–H groups in total. The average molecular weight is 205 g/mol. The maximum Gasteiger partial charge on any atom is 0.0809 e. The molecule has 4 heteroatoms. The van der Waals surface area contributed by atoms with Crippen molar-refractivity contribution < 1.29 is 0 Å². The fourth-order valence-corrected chi connectivity index (χ4v) is 1.31. The Balaban J connectivity index is 3.09. The molecule has 0 amide bonds. The minimum absolute atomic E-state index is 0.144. The summed E-state index contributed by atoms with van der Waals surface area (Å²) >= 11 is 11.8. The Labute approximate surface area is 81.9 Å². The molecular formula is C8H10Cl2N2. The van der Waals surface area contributed by atoms with Crippen molar-refractivity contribution in [3.05, 3.63) is 23.8 Å². The molecule has 0 saturated heterocycles. The molecule has 1 rings (SSSR count). The Bertz CT molecular complexity index is 234. The van der Waals surface area contributed by atoms with Crippen LogP contribution in [-0.2, 0) is 0 Å². The maximum absolute atomic E-state index is 5.89. The van der Waals surface area contributed by atoms with Gasteiger partial charge in [0.05, 0.1) is 22.1 Å². The van der Waals surface area contributed by atoms with E-state index in [0.29, 0.717) is 0 Å². The molecule has 0 bridgehead atoms. The van der Waals surface area contributed by atoms with E-state index in [1.807, 2.05) is 13.8 Å². The number of hydrogen-bond acceptors (Lipinski definition) is 2. The predicted octanol–water partition coefficient (Wildman–Crippen LogP) is 3.08. The standard InChI is InChI=1S/C8H10Cl2N2/c1-5(9)7-8(6(2)10)12-4-3-11-7/h3-6H,1-2H3. The van der Waals surface area contributed by atoms with E-state index < -0.39 is 0 Å². The van der Waals surface area contributed by atoms with Gasteiger partial charge in [0.1, 0.15) is 0 Å². The zero-order valence-electron chi connectivity index (χ0n) is 6.96. The summed E-state index contributed by atoms with van der Waals surface area (Å²) in [5, 5.41) is -0.287. The fraction of sp³-hybridized carbons (Fsp3) is 0.500. The first-order valence-corrected chi connectivity index (χ1v) is 4.59. The highest BCUT2D eigenvalue weighted by Crippen LogP contribution is 2.26. The van der Waals surface area contributed by atoms with Gasteiger partial charge < -0.3 is 0 Å². The summed E-state index contributed by atoms with van der Waals surface area (Å²) in [6.45, 7) is 3.71. The lowest BCUT2D eigenvalue weighted by Gasteiger charge is -2.09. The first kappa shape index (κ1) is 9.75. The number of rotatable bonds is 2. The third-order valence-electron chi connectivity index (χ3n) is 1.51. The number of hydrogen-bond donors (Lipinski definition) is 0. The summed E-state index contributed by atoms with van der Waals surface area (Å²) in [5.41, 5.74) is 1.53. The minimum atomic E-state index is -0.144. The van der Waals surface area contributed by atoms with Crippen LogP contribution < -0.4 is 0 Å². The summed E-state index contributed by atoms with van der Waals surface area (Å²) in [4.78, 5) is 8.24. The van der Waals surface area contributed by atoms with Gasteiger partial charge in [0.2, 0.25) is 0 Å². The van der Waals surface area contributed by atoms with Crippen LogP contribution in [0.15, 0.2) is 12.4 Å². The topological polar surface area (TPSA) is 25.8 Å². The Morgan fingerprint density at radius 3 is 1.58 bits per heavy atom. The van der Waals surface area contributed by atoms with Crippen molar-refractivity contribution in [3.8, 4) is 0 Å². The monoisotopic (exact) mass is 204 g/mol. The number of halogens is 2. The smallest absolute Gasteiger partial charge is 0.0809 e. The van der Waals surface area contributed by atoms with Crippen molar-refractivity contribution in [1.82, 2.24) is 9.97 Å². The first-order chi connectivity index (χ1) is 5.63. The molecular weight excluding hydrogens is 195 g/mol. The molecule has 0 aromatic carbocycles. The highest BCUT2D eigenvalue weighted by molar-refractivity contribution is 6.22. The molecule has 66 valence electrons. The maximum atomic E-state index is 5.89. The first-order valence-electron chi connectivity index (χ1n) is 3.72. The van der Waals surface area contributed by atoms with Gasteiger partial charge in [-0.15, -0.1) is 23.2 Å². The quantitative estimate of drug-likeness (QED) is 0.693. The molecule has 0 aliphatic heterocycles. The third-order valence-corrected chi connectivity index (χ3v) is 1.92. The van der Waals surface area contributed by atoms with E-state index in [0.717, 1.165) is 11.4 Å². The molecule has 12 heavy (non-hydrogen) atoms. The second-order valence-electron chi connectivity index (χ2n) is 2.56. The van der Waals surface area contributed by atoms with Gasteiger partial charge in [0, 0.05) is 12.4 Å². The van der Waals surface area contributed by atoms with Gasteiger partial charge in [-0.3, -0.25) is 9.97 Å².